The van der Waals surface area contributed by atoms with Crippen molar-refractivity contribution in [1.29, 1.82) is 0 Å². The van der Waals surface area contributed by atoms with Gasteiger partial charge in [0.15, 0.2) is 0 Å². The van der Waals surface area contributed by atoms with E-state index in [1.807, 2.05) is 0 Å². The van der Waals surface area contributed by atoms with E-state index in [0.717, 1.165) is 6.07 Å². The summed E-state index contributed by atoms with van der Waals surface area (Å²) >= 11 is 11.8. The molecular formula is C22H14Cl2FN3O4. The predicted molar refractivity (Wildman–Crippen MR) is 120 cm³/mol. The van der Waals surface area contributed by atoms with E-state index >= 15 is 0 Å². The molecule has 2 N–H and O–H groups in total. The zero-order valence-corrected chi connectivity index (χ0v) is 17.7. The van der Waals surface area contributed by atoms with Crippen molar-refractivity contribution in [3.05, 3.63) is 110 Å². The van der Waals surface area contributed by atoms with Gasteiger partial charge in [-0.1, -0.05) is 47.5 Å². The maximum absolute atomic E-state index is 14.0. The van der Waals surface area contributed by atoms with Crippen molar-refractivity contribution < 1.29 is 18.9 Å². The average Bonchev–Trinajstić information content (AvgIpc) is 2.76. The van der Waals surface area contributed by atoms with E-state index < -0.39 is 22.6 Å². The molecule has 10 heteroatoms. The van der Waals surface area contributed by atoms with Crippen LogP contribution in [0.25, 0.3) is 6.08 Å². The molecule has 0 fully saturated rings. The van der Waals surface area contributed by atoms with E-state index in [1.54, 1.807) is 0 Å². The summed E-state index contributed by atoms with van der Waals surface area (Å²) in [5, 5.41) is 16.4. The van der Waals surface area contributed by atoms with Crippen LogP contribution in [0.1, 0.15) is 15.9 Å². The normalized spacial score (nSPS) is 11.0. The Morgan fingerprint density at radius 3 is 2.41 bits per heavy atom. The van der Waals surface area contributed by atoms with Gasteiger partial charge in [-0.2, -0.15) is 0 Å². The Hall–Kier alpha value is -3.75. The molecule has 162 valence electrons. The quantitative estimate of drug-likeness (QED) is 0.282. The molecule has 0 saturated carbocycles. The molecule has 0 radical (unpaired) electrons. The molecule has 0 aliphatic carbocycles. The Bertz CT molecular complexity index is 1250. The first-order chi connectivity index (χ1) is 15.2. The van der Waals surface area contributed by atoms with Crippen LogP contribution in [0, 0.1) is 15.9 Å². The minimum atomic E-state index is -0.871. The van der Waals surface area contributed by atoms with Crippen LogP contribution in [0.2, 0.25) is 10.0 Å². The number of non-ortho nitro benzene ring substituents is 1. The van der Waals surface area contributed by atoms with Gasteiger partial charge in [0.2, 0.25) is 0 Å². The number of hydrogen-bond donors (Lipinski definition) is 2. The number of nitro groups is 1. The first kappa shape index (κ1) is 22.9. The van der Waals surface area contributed by atoms with Crippen LogP contribution in [0.5, 0.6) is 0 Å². The lowest BCUT2D eigenvalue weighted by Crippen LogP contribution is -2.31. The molecule has 3 rings (SSSR count). The second-order valence-corrected chi connectivity index (χ2v) is 7.24. The van der Waals surface area contributed by atoms with E-state index in [-0.39, 0.29) is 38.2 Å². The monoisotopic (exact) mass is 473 g/mol. The van der Waals surface area contributed by atoms with Gasteiger partial charge >= 0.3 is 0 Å². The van der Waals surface area contributed by atoms with Crippen molar-refractivity contribution in [2.75, 3.05) is 5.32 Å². The van der Waals surface area contributed by atoms with Gasteiger partial charge in [0.1, 0.15) is 11.5 Å². The van der Waals surface area contributed by atoms with E-state index in [1.165, 1.54) is 66.7 Å². The zero-order valence-electron chi connectivity index (χ0n) is 16.1. The number of amides is 2. The summed E-state index contributed by atoms with van der Waals surface area (Å²) in [6.07, 6.45) is 1.23. The number of carbonyl (C=O) groups is 2. The van der Waals surface area contributed by atoms with Crippen LogP contribution >= 0.6 is 23.2 Å². The Labute approximate surface area is 191 Å². The fourth-order valence-corrected chi connectivity index (χ4v) is 2.96. The Kier molecular flexibility index (Phi) is 7.19. The van der Waals surface area contributed by atoms with E-state index in [0.29, 0.717) is 0 Å². The van der Waals surface area contributed by atoms with Crippen molar-refractivity contribution in [1.82, 2.24) is 5.32 Å². The standard InChI is InChI=1S/C22H14Cl2FN3O4/c23-17-9-8-14(12-18(17)24)26-22(30)20(11-13-4-3-5-15(10-13)28(31)32)27-21(29)16-6-1-2-7-19(16)25/h1-12H,(H,26,30)(H,27,29). The van der Waals surface area contributed by atoms with Crippen LogP contribution < -0.4 is 10.6 Å². The maximum Gasteiger partial charge on any atom is 0.272 e. The fourth-order valence-electron chi connectivity index (χ4n) is 2.66. The summed E-state index contributed by atoms with van der Waals surface area (Å²) < 4.78 is 14.0. The number of carbonyl (C=O) groups excluding carboxylic acids is 2. The third-order valence-corrected chi connectivity index (χ3v) is 4.92. The highest BCUT2D eigenvalue weighted by Gasteiger charge is 2.18. The molecule has 0 heterocycles. The van der Waals surface area contributed by atoms with Crippen molar-refractivity contribution >= 4 is 52.5 Å². The number of benzene rings is 3. The number of nitro benzene ring substituents is 1. The van der Waals surface area contributed by atoms with E-state index in [9.17, 15) is 24.1 Å². The van der Waals surface area contributed by atoms with Gasteiger partial charge in [0.05, 0.1) is 20.5 Å². The predicted octanol–water partition coefficient (Wildman–Crippen LogP) is 5.45. The SMILES string of the molecule is O=C(Nc1ccc(Cl)c(Cl)c1)C(=Cc1cccc([N+](=O)[O-])c1)NC(=O)c1ccccc1F. The molecule has 3 aromatic rings. The van der Waals surface area contributed by atoms with Gasteiger partial charge in [-0.15, -0.1) is 0 Å². The minimum Gasteiger partial charge on any atom is -0.321 e. The average molecular weight is 474 g/mol. The van der Waals surface area contributed by atoms with Gasteiger partial charge in [0, 0.05) is 17.8 Å². The van der Waals surface area contributed by atoms with Crippen molar-refractivity contribution in [3.8, 4) is 0 Å². The van der Waals surface area contributed by atoms with E-state index in [4.69, 9.17) is 23.2 Å². The van der Waals surface area contributed by atoms with Crippen LogP contribution in [-0.2, 0) is 4.79 Å². The summed E-state index contributed by atoms with van der Waals surface area (Å²) in [6, 6.07) is 15.1. The molecule has 0 bridgehead atoms. The Morgan fingerprint density at radius 2 is 1.72 bits per heavy atom. The molecule has 3 aromatic carbocycles. The molecule has 0 aromatic heterocycles. The zero-order chi connectivity index (χ0) is 23.3. The molecule has 2 amide bonds. The molecule has 0 aliphatic rings. The van der Waals surface area contributed by atoms with Crippen LogP contribution in [0.3, 0.4) is 0 Å². The molecule has 32 heavy (non-hydrogen) atoms. The van der Waals surface area contributed by atoms with Crippen LogP contribution in [-0.4, -0.2) is 16.7 Å². The topological polar surface area (TPSA) is 101 Å². The number of nitrogens with zero attached hydrogens (tertiary/aromatic N) is 1. The summed E-state index contributed by atoms with van der Waals surface area (Å²) in [5.41, 5.74) is -0.199. The van der Waals surface area contributed by atoms with Gasteiger partial charge in [-0.3, -0.25) is 19.7 Å². The van der Waals surface area contributed by atoms with Gasteiger partial charge in [-0.05, 0) is 42.0 Å². The lowest BCUT2D eigenvalue weighted by Gasteiger charge is -2.12. The van der Waals surface area contributed by atoms with E-state index in [2.05, 4.69) is 10.6 Å². The van der Waals surface area contributed by atoms with Crippen LogP contribution in [0.4, 0.5) is 15.8 Å². The molecule has 0 aliphatic heterocycles. The summed E-state index contributed by atoms with van der Waals surface area (Å²) in [4.78, 5) is 35.9. The number of hydrogen-bond acceptors (Lipinski definition) is 4. The summed E-state index contributed by atoms with van der Waals surface area (Å²) in [7, 11) is 0. The van der Waals surface area contributed by atoms with Crippen molar-refractivity contribution in [2.24, 2.45) is 0 Å². The molecule has 0 saturated heterocycles. The molecular weight excluding hydrogens is 460 g/mol. The number of anilines is 1. The van der Waals surface area contributed by atoms with Gasteiger partial charge in [-0.25, -0.2) is 4.39 Å². The first-order valence-corrected chi connectivity index (χ1v) is 9.78. The van der Waals surface area contributed by atoms with Crippen LogP contribution in [0.15, 0.2) is 72.4 Å². The minimum absolute atomic E-state index is 0.198. The van der Waals surface area contributed by atoms with Gasteiger partial charge < -0.3 is 10.6 Å². The lowest BCUT2D eigenvalue weighted by molar-refractivity contribution is -0.384. The lowest BCUT2D eigenvalue weighted by atomic mass is 10.1. The number of halogens is 3. The third kappa shape index (κ3) is 5.69. The summed E-state index contributed by atoms with van der Waals surface area (Å²) in [6.45, 7) is 0. The highest BCUT2D eigenvalue weighted by Crippen LogP contribution is 2.25. The Balaban J connectivity index is 1.96. The smallest absolute Gasteiger partial charge is 0.272 e. The maximum atomic E-state index is 14.0. The largest absolute Gasteiger partial charge is 0.321 e. The van der Waals surface area contributed by atoms with Gasteiger partial charge in [0.25, 0.3) is 17.5 Å². The summed E-state index contributed by atoms with van der Waals surface area (Å²) in [5.74, 6) is -2.41. The molecule has 0 spiro atoms. The number of rotatable bonds is 6. The van der Waals surface area contributed by atoms with Crippen molar-refractivity contribution in [3.63, 3.8) is 0 Å². The highest BCUT2D eigenvalue weighted by atomic mass is 35.5. The second-order valence-electron chi connectivity index (χ2n) is 6.43. The third-order valence-electron chi connectivity index (χ3n) is 4.18. The highest BCUT2D eigenvalue weighted by molar-refractivity contribution is 6.42. The van der Waals surface area contributed by atoms with Crippen molar-refractivity contribution in [2.45, 2.75) is 0 Å². The fraction of sp³-hybridized carbons (Fsp3) is 0. The number of nitrogens with one attached hydrogen (secondary N) is 2. The first-order valence-electron chi connectivity index (χ1n) is 9.03. The molecule has 7 nitrogen and oxygen atoms in total. The molecule has 0 unspecified atom stereocenters. The Morgan fingerprint density at radius 1 is 0.969 bits per heavy atom. The second kappa shape index (κ2) is 10.0. The molecule has 0 atom stereocenters.